The molecule has 1 unspecified atom stereocenters. The minimum Gasteiger partial charge on any atom is -0.394 e. The summed E-state index contributed by atoms with van der Waals surface area (Å²) >= 11 is 4.98. The Kier molecular flexibility index (Phi) is 3.62. The normalized spacial score (nSPS) is 31.8. The van der Waals surface area contributed by atoms with Crippen LogP contribution in [0, 0.1) is 16.5 Å². The molecule has 0 bridgehead atoms. The van der Waals surface area contributed by atoms with Crippen LogP contribution in [0.1, 0.15) is 13.2 Å². The number of aromatic nitrogens is 2. The molecule has 1 aliphatic heterocycles. The fourth-order valence-corrected chi connectivity index (χ4v) is 2.26. The van der Waals surface area contributed by atoms with Crippen molar-refractivity contribution in [2.75, 3.05) is 12.3 Å². The van der Waals surface area contributed by atoms with Crippen LogP contribution >= 0.6 is 12.2 Å². The highest BCUT2D eigenvalue weighted by molar-refractivity contribution is 7.71. The van der Waals surface area contributed by atoms with E-state index in [2.05, 4.69) is 4.98 Å². The molecule has 0 spiro atoms. The lowest BCUT2D eigenvalue weighted by molar-refractivity contribution is -0.0472. The number of aliphatic hydroxyl groups excluding tert-OH is 2. The van der Waals surface area contributed by atoms with Crippen molar-refractivity contribution >= 4 is 18.0 Å². The second-order valence-corrected chi connectivity index (χ2v) is 4.63. The standard InChI is InChI=1S/C10H14FN3O3S/c1-4-7(16)6(3-15)17-9(4)14-2-5(11)8(12)13-10(14)18/h2,4,6-7,9,15-16H,3H2,1H3,(H2,12,13,18)/t4-,6+,7?,9+/m0/s1. The molecule has 0 saturated carbocycles. The number of aliphatic hydroxyl groups is 2. The summed E-state index contributed by atoms with van der Waals surface area (Å²) < 4.78 is 20.2. The van der Waals surface area contributed by atoms with E-state index in [1.807, 2.05) is 0 Å². The molecule has 1 aliphatic rings. The van der Waals surface area contributed by atoms with Gasteiger partial charge in [0.05, 0.1) is 12.7 Å². The third-order valence-electron chi connectivity index (χ3n) is 3.07. The molecule has 0 aromatic carbocycles. The number of halogens is 1. The number of nitrogens with zero attached hydrogens (tertiary/aromatic N) is 2. The van der Waals surface area contributed by atoms with Gasteiger partial charge < -0.3 is 20.7 Å². The van der Waals surface area contributed by atoms with Crippen molar-refractivity contribution in [2.45, 2.75) is 25.4 Å². The molecule has 6 nitrogen and oxygen atoms in total. The molecule has 0 aliphatic carbocycles. The highest BCUT2D eigenvalue weighted by Crippen LogP contribution is 2.34. The van der Waals surface area contributed by atoms with Crippen molar-refractivity contribution in [3.8, 4) is 0 Å². The van der Waals surface area contributed by atoms with Crippen LogP contribution in [0.3, 0.4) is 0 Å². The Bertz CT molecular complexity index is 510. The van der Waals surface area contributed by atoms with E-state index in [-0.39, 0.29) is 23.1 Å². The fourth-order valence-electron chi connectivity index (χ4n) is 2.00. The first-order valence-electron chi connectivity index (χ1n) is 5.44. The Labute approximate surface area is 108 Å². The highest BCUT2D eigenvalue weighted by atomic mass is 32.1. The predicted molar refractivity (Wildman–Crippen MR) is 63.6 cm³/mol. The first-order valence-corrected chi connectivity index (χ1v) is 5.85. The highest BCUT2D eigenvalue weighted by Gasteiger charge is 2.41. The Morgan fingerprint density at radius 3 is 2.89 bits per heavy atom. The quantitative estimate of drug-likeness (QED) is 0.669. The van der Waals surface area contributed by atoms with Crippen molar-refractivity contribution in [3.63, 3.8) is 0 Å². The van der Waals surface area contributed by atoms with E-state index in [0.29, 0.717) is 0 Å². The summed E-state index contributed by atoms with van der Waals surface area (Å²) in [5.41, 5.74) is 5.31. The first-order chi connectivity index (χ1) is 8.45. The van der Waals surface area contributed by atoms with E-state index in [1.165, 1.54) is 4.57 Å². The molecule has 4 N–H and O–H groups in total. The van der Waals surface area contributed by atoms with Gasteiger partial charge in [0.2, 0.25) is 4.77 Å². The van der Waals surface area contributed by atoms with Crippen molar-refractivity contribution in [3.05, 3.63) is 16.8 Å². The van der Waals surface area contributed by atoms with Crippen LogP contribution in [0.25, 0.3) is 0 Å². The summed E-state index contributed by atoms with van der Waals surface area (Å²) in [6.07, 6.45) is -1.14. The molecule has 18 heavy (non-hydrogen) atoms. The van der Waals surface area contributed by atoms with Crippen molar-refractivity contribution in [2.24, 2.45) is 5.92 Å². The van der Waals surface area contributed by atoms with E-state index >= 15 is 0 Å². The molecule has 0 amide bonds. The molecule has 2 heterocycles. The average molecular weight is 275 g/mol. The minimum absolute atomic E-state index is 0.0662. The molecular formula is C10H14FN3O3S. The van der Waals surface area contributed by atoms with Crippen LogP contribution in [0.4, 0.5) is 10.2 Å². The molecule has 1 aromatic rings. The van der Waals surface area contributed by atoms with Gasteiger partial charge in [-0.15, -0.1) is 0 Å². The number of rotatable bonds is 2. The molecule has 8 heteroatoms. The summed E-state index contributed by atoms with van der Waals surface area (Å²) in [7, 11) is 0. The summed E-state index contributed by atoms with van der Waals surface area (Å²) in [5, 5.41) is 18.9. The maximum Gasteiger partial charge on any atom is 0.203 e. The Morgan fingerprint density at radius 1 is 1.67 bits per heavy atom. The van der Waals surface area contributed by atoms with E-state index in [4.69, 9.17) is 27.8 Å². The zero-order valence-corrected chi connectivity index (χ0v) is 10.5. The van der Waals surface area contributed by atoms with Crippen LogP contribution in [-0.2, 0) is 4.74 Å². The molecule has 0 radical (unpaired) electrons. The molecule has 100 valence electrons. The Balaban J connectivity index is 2.39. The van der Waals surface area contributed by atoms with Gasteiger partial charge in [0.25, 0.3) is 0 Å². The summed E-state index contributed by atoms with van der Waals surface area (Å²) in [6.45, 7) is 1.40. The minimum atomic E-state index is -0.845. The zero-order valence-electron chi connectivity index (χ0n) is 9.65. The summed E-state index contributed by atoms with van der Waals surface area (Å²) in [6, 6.07) is 0. The summed E-state index contributed by atoms with van der Waals surface area (Å²) in [4.78, 5) is 3.68. The fraction of sp³-hybridized carbons (Fsp3) is 0.600. The van der Waals surface area contributed by atoms with Gasteiger partial charge in [0.15, 0.2) is 11.6 Å². The topological polar surface area (TPSA) is 93.5 Å². The zero-order chi connectivity index (χ0) is 13.4. The number of hydrogen-bond acceptors (Lipinski definition) is 6. The molecule has 1 saturated heterocycles. The Hall–Kier alpha value is -1.09. The van der Waals surface area contributed by atoms with Gasteiger partial charge in [0, 0.05) is 12.1 Å². The van der Waals surface area contributed by atoms with E-state index < -0.39 is 24.3 Å². The molecule has 1 fully saturated rings. The second kappa shape index (κ2) is 4.88. The van der Waals surface area contributed by atoms with Crippen LogP contribution < -0.4 is 5.73 Å². The van der Waals surface area contributed by atoms with Gasteiger partial charge in [-0.25, -0.2) is 4.39 Å². The smallest absolute Gasteiger partial charge is 0.203 e. The van der Waals surface area contributed by atoms with Crippen LogP contribution in [0.15, 0.2) is 6.20 Å². The van der Waals surface area contributed by atoms with Crippen LogP contribution in [0.5, 0.6) is 0 Å². The number of nitrogens with two attached hydrogens (primary N) is 1. The van der Waals surface area contributed by atoms with Gasteiger partial charge in [-0.1, -0.05) is 6.92 Å². The molecular weight excluding hydrogens is 261 g/mol. The maximum absolute atomic E-state index is 13.4. The summed E-state index contributed by atoms with van der Waals surface area (Å²) in [5.74, 6) is -1.33. The van der Waals surface area contributed by atoms with Gasteiger partial charge in [0.1, 0.15) is 12.3 Å². The molecule has 2 rings (SSSR count). The van der Waals surface area contributed by atoms with E-state index in [1.54, 1.807) is 6.92 Å². The van der Waals surface area contributed by atoms with Gasteiger partial charge in [-0.2, -0.15) is 4.98 Å². The number of hydrogen-bond donors (Lipinski definition) is 3. The predicted octanol–water partition coefficient (Wildman–Crippen LogP) is 0.221. The van der Waals surface area contributed by atoms with Crippen molar-refractivity contribution < 1.29 is 19.3 Å². The number of anilines is 1. The lowest BCUT2D eigenvalue weighted by atomic mass is 10.0. The SMILES string of the molecule is C[C@H]1C(O)[C@@H](CO)O[C@H]1n1cc(F)c(N)nc1=S. The lowest BCUT2D eigenvalue weighted by Crippen LogP contribution is -2.28. The number of nitrogen functional groups attached to an aromatic ring is 1. The van der Waals surface area contributed by atoms with Crippen molar-refractivity contribution in [1.82, 2.24) is 9.55 Å². The van der Waals surface area contributed by atoms with Gasteiger partial charge in [-0.3, -0.25) is 4.57 Å². The van der Waals surface area contributed by atoms with Crippen molar-refractivity contribution in [1.29, 1.82) is 0 Å². The number of ether oxygens (including phenoxy) is 1. The van der Waals surface area contributed by atoms with Gasteiger partial charge in [-0.05, 0) is 12.2 Å². The van der Waals surface area contributed by atoms with Crippen LogP contribution in [-0.4, -0.2) is 38.6 Å². The van der Waals surface area contributed by atoms with Crippen LogP contribution in [0.2, 0.25) is 0 Å². The second-order valence-electron chi connectivity index (χ2n) is 4.26. The monoisotopic (exact) mass is 275 g/mol. The third-order valence-corrected chi connectivity index (χ3v) is 3.37. The van der Waals surface area contributed by atoms with E-state index in [0.717, 1.165) is 6.20 Å². The van der Waals surface area contributed by atoms with E-state index in [9.17, 15) is 9.50 Å². The lowest BCUT2D eigenvalue weighted by Gasteiger charge is -2.19. The third kappa shape index (κ3) is 2.12. The molecule has 1 aromatic heterocycles. The Morgan fingerprint density at radius 2 is 2.33 bits per heavy atom. The first kappa shape index (κ1) is 13.3. The van der Waals surface area contributed by atoms with Gasteiger partial charge >= 0.3 is 0 Å². The largest absolute Gasteiger partial charge is 0.394 e. The molecule has 4 atom stereocenters. The maximum atomic E-state index is 13.4. The average Bonchev–Trinajstić information content (AvgIpc) is 2.61.